The second-order valence-corrected chi connectivity index (χ2v) is 1.64. The van der Waals surface area contributed by atoms with Crippen LogP contribution in [0.3, 0.4) is 0 Å². The van der Waals surface area contributed by atoms with E-state index in [0.717, 1.165) is 0 Å². The molecule has 0 aromatic heterocycles. The summed E-state index contributed by atoms with van der Waals surface area (Å²) in [6, 6.07) is 0. The average Bonchev–Trinajstić information content (AvgIpc) is 1.58. The maximum atomic E-state index is 10.2. The Balaban J connectivity index is -0.000000405. The largest absolute Gasteiger partial charge is 1.00 e. The molecular weight excluding hydrogens is 356 g/mol. The van der Waals surface area contributed by atoms with Crippen LogP contribution in [-0.2, 0) is 59.1 Å². The molecule has 0 atom stereocenters. The minimum Gasteiger partial charge on any atom is -0.550 e. The third-order valence-corrected chi connectivity index (χ3v) is 0.683. The first-order chi connectivity index (χ1) is 4.52. The Labute approximate surface area is 99.5 Å². The molecule has 5 nitrogen and oxygen atoms in total. The molecular formula is C5H4Ag2O5. The van der Waals surface area contributed by atoms with Gasteiger partial charge in [0.15, 0.2) is 0 Å². The Kier molecular flexibility index (Phi) is 13.8. The molecule has 0 rings (SSSR count). The SMILES string of the molecule is O=C([O-])CC(=O)CC(=O)[O-].[Ag+].[Ag+]. The van der Waals surface area contributed by atoms with E-state index in [1.54, 1.807) is 0 Å². The fourth-order valence-electron chi connectivity index (χ4n) is 0.384. The van der Waals surface area contributed by atoms with Crippen LogP contribution in [0.4, 0.5) is 0 Å². The molecule has 0 bridgehead atoms. The molecule has 0 unspecified atom stereocenters. The van der Waals surface area contributed by atoms with Crippen LogP contribution in [0.1, 0.15) is 12.8 Å². The quantitative estimate of drug-likeness (QED) is 0.389. The second kappa shape index (κ2) is 9.18. The number of aliphatic carboxylic acids is 2. The van der Waals surface area contributed by atoms with E-state index in [0.29, 0.717) is 0 Å². The summed E-state index contributed by atoms with van der Waals surface area (Å²) in [5.41, 5.74) is 0. The van der Waals surface area contributed by atoms with E-state index in [9.17, 15) is 24.6 Å². The second-order valence-electron chi connectivity index (χ2n) is 1.64. The molecule has 0 spiro atoms. The van der Waals surface area contributed by atoms with Gasteiger partial charge in [-0.3, -0.25) is 4.79 Å². The standard InChI is InChI=1S/C5H6O5.2Ag/c6-3(1-4(7)8)2-5(9)10;;/h1-2H2,(H,7,8)(H,9,10);;/q;2*+1/p-2. The van der Waals surface area contributed by atoms with Gasteiger partial charge in [-0.2, -0.15) is 0 Å². The van der Waals surface area contributed by atoms with Crippen molar-refractivity contribution in [1.82, 2.24) is 0 Å². The van der Waals surface area contributed by atoms with Crippen molar-refractivity contribution in [3.05, 3.63) is 0 Å². The molecule has 0 aliphatic carbocycles. The van der Waals surface area contributed by atoms with E-state index in [1.165, 1.54) is 0 Å². The summed E-state index contributed by atoms with van der Waals surface area (Å²) in [6.45, 7) is 0. The van der Waals surface area contributed by atoms with Crippen LogP contribution in [0.15, 0.2) is 0 Å². The molecule has 0 aliphatic heterocycles. The van der Waals surface area contributed by atoms with Gasteiger partial charge in [0.05, 0.1) is 0 Å². The number of Topliss-reactive ketones (excluding diaryl/α,β-unsaturated/α-hetero) is 1. The van der Waals surface area contributed by atoms with Crippen LogP contribution >= 0.6 is 0 Å². The summed E-state index contributed by atoms with van der Waals surface area (Å²) in [5, 5.41) is 19.3. The van der Waals surface area contributed by atoms with E-state index in [4.69, 9.17) is 0 Å². The first-order valence-corrected chi connectivity index (χ1v) is 2.43. The van der Waals surface area contributed by atoms with Gasteiger partial charge in [-0.25, -0.2) is 0 Å². The fourth-order valence-corrected chi connectivity index (χ4v) is 0.384. The maximum absolute atomic E-state index is 10.2. The number of carboxylic acid groups (broad SMARTS) is 2. The van der Waals surface area contributed by atoms with Gasteiger partial charge in [-0.1, -0.05) is 0 Å². The topological polar surface area (TPSA) is 97.3 Å². The van der Waals surface area contributed by atoms with Crippen LogP contribution in [0.25, 0.3) is 0 Å². The van der Waals surface area contributed by atoms with Crippen molar-refractivity contribution in [3.63, 3.8) is 0 Å². The predicted octanol–water partition coefficient (Wildman–Crippen LogP) is -3.17. The maximum Gasteiger partial charge on any atom is 1.00 e. The van der Waals surface area contributed by atoms with E-state index < -0.39 is 30.6 Å². The van der Waals surface area contributed by atoms with E-state index in [1.807, 2.05) is 0 Å². The molecule has 0 heterocycles. The van der Waals surface area contributed by atoms with Crippen molar-refractivity contribution in [2.45, 2.75) is 12.8 Å². The summed E-state index contributed by atoms with van der Waals surface area (Å²) in [5.74, 6) is -4.07. The van der Waals surface area contributed by atoms with Crippen molar-refractivity contribution < 1.29 is 69.4 Å². The number of ketones is 1. The minimum absolute atomic E-state index is 0. The predicted molar refractivity (Wildman–Crippen MR) is 24.3 cm³/mol. The first-order valence-electron chi connectivity index (χ1n) is 2.43. The van der Waals surface area contributed by atoms with E-state index >= 15 is 0 Å². The van der Waals surface area contributed by atoms with Crippen molar-refractivity contribution in [2.75, 3.05) is 0 Å². The van der Waals surface area contributed by atoms with Gasteiger partial charge < -0.3 is 19.8 Å². The zero-order valence-corrected chi connectivity index (χ0v) is 8.52. The summed E-state index contributed by atoms with van der Waals surface area (Å²) < 4.78 is 0. The molecule has 0 amide bonds. The molecule has 0 aromatic carbocycles. The molecule has 0 aliphatic rings. The number of carboxylic acids is 2. The number of carbonyl (C=O) groups is 3. The molecule has 7 heteroatoms. The van der Waals surface area contributed by atoms with Gasteiger partial charge in [-0.05, 0) is 0 Å². The van der Waals surface area contributed by atoms with Crippen molar-refractivity contribution >= 4 is 17.7 Å². The fraction of sp³-hybridized carbons (Fsp3) is 0.400. The Hall–Kier alpha value is 0.0905. The molecule has 0 radical (unpaired) electrons. The van der Waals surface area contributed by atoms with Crippen molar-refractivity contribution in [2.24, 2.45) is 0 Å². The Bertz CT molecular complexity index is 161. The van der Waals surface area contributed by atoms with Crippen molar-refractivity contribution in [3.8, 4) is 0 Å². The first kappa shape index (κ1) is 18.0. The molecule has 12 heavy (non-hydrogen) atoms. The Morgan fingerprint density at radius 3 is 1.25 bits per heavy atom. The van der Waals surface area contributed by atoms with Gasteiger partial charge in [0.2, 0.25) is 0 Å². The smallest absolute Gasteiger partial charge is 0.550 e. The molecule has 0 N–H and O–H groups in total. The van der Waals surface area contributed by atoms with Gasteiger partial charge >= 0.3 is 44.8 Å². The zero-order chi connectivity index (χ0) is 8.15. The van der Waals surface area contributed by atoms with Crippen LogP contribution in [-0.4, -0.2) is 17.7 Å². The number of hydrogen-bond acceptors (Lipinski definition) is 5. The molecule has 0 aromatic rings. The summed E-state index contributed by atoms with van der Waals surface area (Å²) in [4.78, 5) is 29.5. The zero-order valence-electron chi connectivity index (χ0n) is 5.56. The number of hydrogen-bond donors (Lipinski definition) is 0. The third-order valence-electron chi connectivity index (χ3n) is 0.683. The molecule has 0 saturated heterocycles. The monoisotopic (exact) mass is 358 g/mol. The molecule has 0 fully saturated rings. The van der Waals surface area contributed by atoms with Crippen LogP contribution < -0.4 is 10.2 Å². The average molecular weight is 360 g/mol. The molecule has 76 valence electrons. The Morgan fingerprint density at radius 1 is 0.833 bits per heavy atom. The van der Waals surface area contributed by atoms with Gasteiger partial charge in [0.1, 0.15) is 5.78 Å². The summed E-state index contributed by atoms with van der Waals surface area (Å²) in [6.07, 6.45) is -1.73. The summed E-state index contributed by atoms with van der Waals surface area (Å²) in [7, 11) is 0. The molecule has 0 saturated carbocycles. The van der Waals surface area contributed by atoms with E-state index in [2.05, 4.69) is 0 Å². The van der Waals surface area contributed by atoms with Gasteiger partial charge in [0.25, 0.3) is 0 Å². The minimum atomic E-state index is -1.58. The van der Waals surface area contributed by atoms with Gasteiger partial charge in [0, 0.05) is 24.8 Å². The van der Waals surface area contributed by atoms with Gasteiger partial charge in [-0.15, -0.1) is 0 Å². The van der Waals surface area contributed by atoms with Crippen LogP contribution in [0.5, 0.6) is 0 Å². The number of carbonyl (C=O) groups excluding carboxylic acids is 3. The normalized spacial score (nSPS) is 7.33. The summed E-state index contributed by atoms with van der Waals surface area (Å²) >= 11 is 0. The van der Waals surface area contributed by atoms with Crippen LogP contribution in [0.2, 0.25) is 0 Å². The van der Waals surface area contributed by atoms with E-state index in [-0.39, 0.29) is 44.8 Å². The number of rotatable bonds is 4. The van der Waals surface area contributed by atoms with Crippen molar-refractivity contribution in [1.29, 1.82) is 0 Å². The van der Waals surface area contributed by atoms with Crippen LogP contribution in [0, 0.1) is 0 Å². The Morgan fingerprint density at radius 2 is 1.08 bits per heavy atom. The third kappa shape index (κ3) is 12.7.